The van der Waals surface area contributed by atoms with E-state index >= 15 is 0 Å². The van der Waals surface area contributed by atoms with Crippen LogP contribution in [0.1, 0.15) is 38.1 Å². The van der Waals surface area contributed by atoms with Crippen molar-refractivity contribution in [3.8, 4) is 0 Å². The molecule has 0 radical (unpaired) electrons. The van der Waals surface area contributed by atoms with Gasteiger partial charge in [-0.05, 0) is 27.7 Å². The molecule has 0 spiro atoms. The maximum atomic E-state index is 10.0. The molecule has 1 rings (SSSR count). The van der Waals surface area contributed by atoms with E-state index in [1.165, 1.54) is 0 Å². The minimum Gasteiger partial charge on any atom is -0.394 e. The number of hydrogen-bond donors (Lipinski definition) is 3. The van der Waals surface area contributed by atoms with Gasteiger partial charge < -0.3 is 24.8 Å². The zero-order valence-electron chi connectivity index (χ0n) is 15.8. The largest absolute Gasteiger partial charge is 0.394 e. The molecule has 0 amide bonds. The van der Waals surface area contributed by atoms with Crippen molar-refractivity contribution in [1.29, 1.82) is 0 Å². The van der Waals surface area contributed by atoms with E-state index in [1.54, 1.807) is 18.2 Å². The minimum absolute atomic E-state index is 0.0370. The van der Waals surface area contributed by atoms with Crippen LogP contribution in [0.4, 0.5) is 0 Å². The number of aldehydes is 1. The van der Waals surface area contributed by atoms with E-state index in [-0.39, 0.29) is 19.5 Å². The van der Waals surface area contributed by atoms with Crippen molar-refractivity contribution >= 4 is 6.29 Å². The van der Waals surface area contributed by atoms with Gasteiger partial charge >= 0.3 is 0 Å². The maximum absolute atomic E-state index is 10.0. The van der Waals surface area contributed by atoms with Crippen molar-refractivity contribution < 1.29 is 29.6 Å². The van der Waals surface area contributed by atoms with E-state index in [9.17, 15) is 4.79 Å². The minimum atomic E-state index is -0.954. The molecule has 0 aromatic heterocycles. The van der Waals surface area contributed by atoms with Crippen molar-refractivity contribution in [3.05, 3.63) is 48.6 Å². The first-order valence-electron chi connectivity index (χ1n) is 8.17. The summed E-state index contributed by atoms with van der Waals surface area (Å²) in [7, 11) is 0. The van der Waals surface area contributed by atoms with E-state index in [0.29, 0.717) is 0 Å². The topological polar surface area (TPSA) is 96.2 Å². The first-order chi connectivity index (χ1) is 12.0. The lowest BCUT2D eigenvalue weighted by Gasteiger charge is -2.09. The number of ether oxygens (including phenoxy) is 2. The third-order valence-electron chi connectivity index (χ3n) is 2.16. The molecule has 0 saturated heterocycles. The van der Waals surface area contributed by atoms with Crippen LogP contribution in [0.15, 0.2) is 43.0 Å². The molecule has 0 saturated carbocycles. The predicted molar refractivity (Wildman–Crippen MR) is 101 cm³/mol. The summed E-state index contributed by atoms with van der Waals surface area (Å²) in [4.78, 5) is 10.0. The molecule has 1 aromatic rings. The Bertz CT molecular complexity index is 359. The lowest BCUT2D eigenvalue weighted by molar-refractivity contribution is -0.123. The molecular formula is C19H34O6. The lowest BCUT2D eigenvalue weighted by Crippen LogP contribution is -2.15. The Balaban J connectivity index is -0.000000272. The maximum Gasteiger partial charge on any atom is 0.154 e. The van der Waals surface area contributed by atoms with Gasteiger partial charge in [0.1, 0.15) is 12.4 Å². The van der Waals surface area contributed by atoms with E-state index in [2.05, 4.69) is 6.58 Å². The molecular weight excluding hydrogens is 324 g/mol. The number of carbonyl (C=O) groups is 1. The summed E-state index contributed by atoms with van der Waals surface area (Å²) in [6.45, 7) is 11.8. The Morgan fingerprint density at radius 2 is 1.48 bits per heavy atom. The fourth-order valence-electron chi connectivity index (χ4n) is 1.11. The lowest BCUT2D eigenvalue weighted by atomic mass is 10.2. The van der Waals surface area contributed by atoms with Crippen molar-refractivity contribution in [3.63, 3.8) is 0 Å². The van der Waals surface area contributed by atoms with Crippen molar-refractivity contribution in [2.75, 3.05) is 26.4 Å². The fourth-order valence-corrected chi connectivity index (χ4v) is 1.11. The zero-order valence-corrected chi connectivity index (χ0v) is 15.8. The quantitative estimate of drug-likeness (QED) is 0.394. The Labute approximate surface area is 151 Å². The van der Waals surface area contributed by atoms with Crippen LogP contribution in [0.5, 0.6) is 0 Å². The van der Waals surface area contributed by atoms with E-state index in [0.717, 1.165) is 25.1 Å². The summed E-state index contributed by atoms with van der Waals surface area (Å²) in [5.74, 6) is 0. The number of carbonyl (C=O) groups excluding carboxylic acids is 1. The molecule has 0 unspecified atom stereocenters. The van der Waals surface area contributed by atoms with Crippen LogP contribution >= 0.6 is 0 Å². The standard InChI is InChI=1S/C7H6O.C6H14O2.C3H8O3.C3H6/c8-6-7-4-2-1-3-5-7;1-4-7-6(3)8-5-2;4-1-3(6)2-5;1-3-2/h1-6H;6H,4-5H2,1-3H3;3-6H,1-2H2;3H,1H2,2H3. The highest BCUT2D eigenvalue weighted by molar-refractivity contribution is 5.74. The van der Waals surface area contributed by atoms with Crippen molar-refractivity contribution in [2.24, 2.45) is 0 Å². The molecule has 6 nitrogen and oxygen atoms in total. The summed E-state index contributed by atoms with van der Waals surface area (Å²) >= 11 is 0. The van der Waals surface area contributed by atoms with Gasteiger partial charge in [-0.15, -0.1) is 6.58 Å². The molecule has 3 N–H and O–H groups in total. The summed E-state index contributed by atoms with van der Waals surface area (Å²) in [6.07, 6.45) is 1.59. The number of allylic oxidation sites excluding steroid dienone is 1. The van der Waals surface area contributed by atoms with Gasteiger partial charge in [-0.2, -0.15) is 0 Å². The van der Waals surface area contributed by atoms with Crippen LogP contribution < -0.4 is 0 Å². The number of aliphatic hydroxyl groups is 3. The average Bonchev–Trinajstić information content (AvgIpc) is 2.64. The van der Waals surface area contributed by atoms with E-state index < -0.39 is 6.10 Å². The molecule has 0 bridgehead atoms. The second-order valence-electron chi connectivity index (χ2n) is 4.43. The van der Waals surface area contributed by atoms with Gasteiger partial charge in [-0.25, -0.2) is 0 Å². The van der Waals surface area contributed by atoms with Crippen LogP contribution in [0.3, 0.4) is 0 Å². The molecule has 25 heavy (non-hydrogen) atoms. The molecule has 6 heteroatoms. The summed E-state index contributed by atoms with van der Waals surface area (Å²) in [5.41, 5.74) is 0.729. The molecule has 0 heterocycles. The third-order valence-corrected chi connectivity index (χ3v) is 2.16. The molecule has 0 aliphatic rings. The van der Waals surface area contributed by atoms with Crippen LogP contribution in [-0.2, 0) is 9.47 Å². The van der Waals surface area contributed by atoms with Crippen LogP contribution in [0.2, 0.25) is 0 Å². The Hall–Kier alpha value is -1.57. The molecule has 1 aromatic carbocycles. The Morgan fingerprint density at radius 3 is 1.68 bits per heavy atom. The SMILES string of the molecule is C=CC.CCOC(C)OCC.O=Cc1ccccc1.OCC(O)CO. The number of aliphatic hydroxyl groups excluding tert-OH is 3. The zero-order chi connectivity index (χ0) is 19.9. The molecule has 0 aliphatic heterocycles. The highest BCUT2D eigenvalue weighted by Gasteiger charge is 1.95. The first-order valence-corrected chi connectivity index (χ1v) is 8.17. The van der Waals surface area contributed by atoms with E-state index in [4.69, 9.17) is 24.8 Å². The smallest absolute Gasteiger partial charge is 0.154 e. The Morgan fingerprint density at radius 1 is 1.08 bits per heavy atom. The molecule has 0 fully saturated rings. The van der Waals surface area contributed by atoms with Gasteiger partial charge in [0.05, 0.1) is 13.2 Å². The van der Waals surface area contributed by atoms with Crippen molar-refractivity contribution in [1.82, 2.24) is 0 Å². The molecule has 0 atom stereocenters. The second kappa shape index (κ2) is 24.7. The summed E-state index contributed by atoms with van der Waals surface area (Å²) < 4.78 is 10.1. The normalized spacial score (nSPS) is 9.00. The molecule has 146 valence electrons. The summed E-state index contributed by atoms with van der Waals surface area (Å²) in [6, 6.07) is 9.10. The predicted octanol–water partition coefficient (Wildman–Crippen LogP) is 2.43. The van der Waals surface area contributed by atoms with E-state index in [1.807, 2.05) is 45.9 Å². The van der Waals surface area contributed by atoms with Crippen LogP contribution in [0, 0.1) is 0 Å². The number of rotatable bonds is 7. The summed E-state index contributed by atoms with van der Waals surface area (Å²) in [5, 5.41) is 24.0. The van der Waals surface area contributed by atoms with Gasteiger partial charge in [-0.3, -0.25) is 4.79 Å². The third kappa shape index (κ3) is 27.6. The van der Waals surface area contributed by atoms with Gasteiger partial charge in [0.25, 0.3) is 0 Å². The highest BCUT2D eigenvalue weighted by atomic mass is 16.7. The van der Waals surface area contributed by atoms with Gasteiger partial charge in [0.15, 0.2) is 6.29 Å². The second-order valence-corrected chi connectivity index (χ2v) is 4.43. The Kier molecular flexibility index (Phi) is 27.9. The number of hydrogen-bond acceptors (Lipinski definition) is 6. The van der Waals surface area contributed by atoms with Crippen LogP contribution in [0.25, 0.3) is 0 Å². The first kappa shape index (κ1) is 28.2. The molecule has 0 aliphatic carbocycles. The fraction of sp³-hybridized carbons (Fsp3) is 0.526. The van der Waals surface area contributed by atoms with Gasteiger partial charge in [-0.1, -0.05) is 36.4 Å². The van der Waals surface area contributed by atoms with Crippen LogP contribution in [-0.4, -0.2) is 60.4 Å². The van der Waals surface area contributed by atoms with Gasteiger partial charge in [0, 0.05) is 18.8 Å². The van der Waals surface area contributed by atoms with Crippen molar-refractivity contribution in [2.45, 2.75) is 40.1 Å². The average molecular weight is 358 g/mol. The monoisotopic (exact) mass is 358 g/mol. The highest BCUT2D eigenvalue weighted by Crippen LogP contribution is 1.91. The van der Waals surface area contributed by atoms with Gasteiger partial charge in [0.2, 0.25) is 0 Å². The number of benzene rings is 1.